The van der Waals surface area contributed by atoms with Gasteiger partial charge in [-0.05, 0) is 63.5 Å². The maximum atomic E-state index is 3.60. The van der Waals surface area contributed by atoms with Gasteiger partial charge in [0.2, 0.25) is 0 Å². The maximum Gasteiger partial charge on any atom is 0.00682 e. The summed E-state index contributed by atoms with van der Waals surface area (Å²) in [6, 6.07) is 0.896. The van der Waals surface area contributed by atoms with E-state index in [0.29, 0.717) is 0 Å². The fraction of sp³-hybridized carbons (Fsp3) is 1.00. The number of nitrogens with one attached hydrogen (secondary N) is 1. The lowest BCUT2D eigenvalue weighted by Gasteiger charge is -2.16. The first kappa shape index (κ1) is 12.0. The van der Waals surface area contributed by atoms with Gasteiger partial charge in [-0.15, -0.1) is 0 Å². The summed E-state index contributed by atoms with van der Waals surface area (Å²) in [4.78, 5) is 2.74. The van der Waals surface area contributed by atoms with Crippen molar-refractivity contribution < 1.29 is 0 Å². The number of likely N-dealkylation sites (tertiary alicyclic amines) is 1. The van der Waals surface area contributed by atoms with Gasteiger partial charge in [0.15, 0.2) is 0 Å². The molecule has 3 aliphatic rings. The lowest BCUT2D eigenvalue weighted by molar-refractivity contribution is 0.302. The Hall–Kier alpha value is -0.0800. The highest BCUT2D eigenvalue weighted by Crippen LogP contribution is 2.37. The number of hydrogen-bond acceptors (Lipinski definition) is 2. The molecule has 0 aromatic carbocycles. The molecule has 0 bridgehead atoms. The third-order valence-corrected chi connectivity index (χ3v) is 4.96. The molecule has 0 radical (unpaired) electrons. The van der Waals surface area contributed by atoms with E-state index >= 15 is 0 Å². The quantitative estimate of drug-likeness (QED) is 0.684. The van der Waals surface area contributed by atoms with E-state index in [9.17, 15) is 0 Å². The molecule has 1 heterocycles. The lowest BCUT2D eigenvalue weighted by Crippen LogP contribution is -2.23. The van der Waals surface area contributed by atoms with Gasteiger partial charge in [0.25, 0.3) is 0 Å². The van der Waals surface area contributed by atoms with E-state index in [1.807, 2.05) is 0 Å². The fourth-order valence-electron chi connectivity index (χ4n) is 3.75. The van der Waals surface area contributed by atoms with Crippen LogP contribution in [0, 0.1) is 11.8 Å². The van der Waals surface area contributed by atoms with Gasteiger partial charge in [0.05, 0.1) is 0 Å². The van der Waals surface area contributed by atoms with Crippen LogP contribution in [0.2, 0.25) is 0 Å². The molecule has 98 valence electrons. The second kappa shape index (κ2) is 5.71. The van der Waals surface area contributed by atoms with Crippen LogP contribution in [0.15, 0.2) is 0 Å². The number of nitrogens with zero attached hydrogens (tertiary/aromatic N) is 1. The molecule has 0 spiro atoms. The molecule has 0 amide bonds. The van der Waals surface area contributed by atoms with Crippen molar-refractivity contribution in [3.63, 3.8) is 0 Å². The molecule has 3 fully saturated rings. The summed E-state index contributed by atoms with van der Waals surface area (Å²) < 4.78 is 0. The Morgan fingerprint density at radius 1 is 0.882 bits per heavy atom. The van der Waals surface area contributed by atoms with E-state index < -0.39 is 0 Å². The molecule has 1 aliphatic heterocycles. The van der Waals surface area contributed by atoms with Crippen LogP contribution in [0.1, 0.15) is 51.4 Å². The summed E-state index contributed by atoms with van der Waals surface area (Å²) in [6.07, 6.45) is 11.6. The summed E-state index contributed by atoms with van der Waals surface area (Å²) in [5.74, 6) is 2.15. The maximum absolute atomic E-state index is 3.60. The Kier molecular flexibility index (Phi) is 4.02. The molecule has 3 rings (SSSR count). The average molecular weight is 236 g/mol. The van der Waals surface area contributed by atoms with Crippen LogP contribution < -0.4 is 5.32 Å². The molecular formula is C15H28N2. The first-order valence-electron chi connectivity index (χ1n) is 7.87. The zero-order valence-electron chi connectivity index (χ0n) is 11.2. The minimum absolute atomic E-state index is 0.896. The largest absolute Gasteiger partial charge is 0.314 e. The Labute approximate surface area is 106 Å². The number of hydrogen-bond donors (Lipinski definition) is 1. The topological polar surface area (TPSA) is 15.3 Å². The molecule has 2 nitrogen and oxygen atoms in total. The normalized spacial score (nSPS) is 33.2. The van der Waals surface area contributed by atoms with E-state index in [2.05, 4.69) is 10.2 Å². The summed E-state index contributed by atoms with van der Waals surface area (Å²) in [5.41, 5.74) is 0. The van der Waals surface area contributed by atoms with Crippen molar-refractivity contribution in [2.45, 2.75) is 57.4 Å². The second-order valence-corrected chi connectivity index (χ2v) is 6.50. The summed E-state index contributed by atoms with van der Waals surface area (Å²) in [7, 11) is 0. The van der Waals surface area contributed by atoms with Gasteiger partial charge in [-0.2, -0.15) is 0 Å². The zero-order chi connectivity index (χ0) is 11.5. The van der Waals surface area contributed by atoms with E-state index in [1.165, 1.54) is 77.5 Å². The van der Waals surface area contributed by atoms with Gasteiger partial charge in [-0.3, -0.25) is 0 Å². The molecule has 2 atom stereocenters. The van der Waals surface area contributed by atoms with Crippen molar-refractivity contribution in [3.05, 3.63) is 0 Å². The lowest BCUT2D eigenvalue weighted by atomic mass is 10.0. The predicted octanol–water partition coefficient (Wildman–Crippen LogP) is 2.64. The number of rotatable bonds is 7. The van der Waals surface area contributed by atoms with Crippen molar-refractivity contribution in [3.8, 4) is 0 Å². The third kappa shape index (κ3) is 3.45. The summed E-state index contributed by atoms with van der Waals surface area (Å²) >= 11 is 0. The van der Waals surface area contributed by atoms with Gasteiger partial charge in [0.1, 0.15) is 0 Å². The third-order valence-electron chi connectivity index (χ3n) is 4.96. The van der Waals surface area contributed by atoms with Crippen LogP contribution in [0.5, 0.6) is 0 Å². The highest BCUT2D eigenvalue weighted by molar-refractivity contribution is 4.88. The van der Waals surface area contributed by atoms with E-state index in [-0.39, 0.29) is 0 Å². The van der Waals surface area contributed by atoms with Gasteiger partial charge in [-0.25, -0.2) is 0 Å². The molecule has 2 unspecified atom stereocenters. The van der Waals surface area contributed by atoms with Crippen LogP contribution in [-0.4, -0.2) is 37.1 Å². The Balaban J connectivity index is 1.20. The predicted molar refractivity (Wildman–Crippen MR) is 72.1 cm³/mol. The SMILES string of the molecule is C(CCNC1CC1)CCN1CC2CCCC2C1. The van der Waals surface area contributed by atoms with Crippen LogP contribution in [0.25, 0.3) is 0 Å². The van der Waals surface area contributed by atoms with Crippen molar-refractivity contribution in [2.75, 3.05) is 26.2 Å². The number of fused-ring (bicyclic) bond motifs is 1. The van der Waals surface area contributed by atoms with E-state index in [1.54, 1.807) is 0 Å². The Morgan fingerprint density at radius 2 is 1.65 bits per heavy atom. The molecule has 1 N–H and O–H groups in total. The highest BCUT2D eigenvalue weighted by Gasteiger charge is 2.35. The molecule has 2 aliphatic carbocycles. The minimum atomic E-state index is 0.896. The Morgan fingerprint density at radius 3 is 2.35 bits per heavy atom. The molecule has 0 aromatic rings. The zero-order valence-corrected chi connectivity index (χ0v) is 11.2. The standard InChI is InChI=1S/C15H28N2/c1(2-9-16-15-7-8-15)3-10-17-11-13-5-4-6-14(13)12-17/h13-16H,1-12H2. The van der Waals surface area contributed by atoms with Crippen LogP contribution in [0.3, 0.4) is 0 Å². The average Bonchev–Trinajstić information content (AvgIpc) is 2.90. The van der Waals surface area contributed by atoms with Gasteiger partial charge >= 0.3 is 0 Å². The second-order valence-electron chi connectivity index (χ2n) is 6.50. The van der Waals surface area contributed by atoms with Crippen LogP contribution >= 0.6 is 0 Å². The van der Waals surface area contributed by atoms with E-state index in [4.69, 9.17) is 0 Å². The fourth-order valence-corrected chi connectivity index (χ4v) is 3.75. The molecule has 2 saturated carbocycles. The van der Waals surface area contributed by atoms with Crippen molar-refractivity contribution >= 4 is 0 Å². The van der Waals surface area contributed by atoms with E-state index in [0.717, 1.165) is 17.9 Å². The van der Waals surface area contributed by atoms with Crippen molar-refractivity contribution in [2.24, 2.45) is 11.8 Å². The monoisotopic (exact) mass is 236 g/mol. The molecule has 0 aromatic heterocycles. The molecule has 17 heavy (non-hydrogen) atoms. The minimum Gasteiger partial charge on any atom is -0.314 e. The molecule has 1 saturated heterocycles. The van der Waals surface area contributed by atoms with Gasteiger partial charge in [-0.1, -0.05) is 12.8 Å². The highest BCUT2D eigenvalue weighted by atomic mass is 15.2. The van der Waals surface area contributed by atoms with Gasteiger partial charge < -0.3 is 10.2 Å². The summed E-state index contributed by atoms with van der Waals surface area (Å²) in [5, 5.41) is 3.60. The molecule has 2 heteroatoms. The Bertz CT molecular complexity index is 225. The van der Waals surface area contributed by atoms with Gasteiger partial charge in [0, 0.05) is 19.1 Å². The molecular weight excluding hydrogens is 208 g/mol. The van der Waals surface area contributed by atoms with Crippen LogP contribution in [0.4, 0.5) is 0 Å². The number of unbranched alkanes of at least 4 members (excludes halogenated alkanes) is 2. The van der Waals surface area contributed by atoms with Crippen molar-refractivity contribution in [1.29, 1.82) is 0 Å². The van der Waals surface area contributed by atoms with Crippen molar-refractivity contribution in [1.82, 2.24) is 10.2 Å². The summed E-state index contributed by atoms with van der Waals surface area (Å²) in [6.45, 7) is 5.47. The smallest absolute Gasteiger partial charge is 0.00682 e. The first-order chi connectivity index (χ1) is 8.42. The van der Waals surface area contributed by atoms with Crippen LogP contribution in [-0.2, 0) is 0 Å². The first-order valence-corrected chi connectivity index (χ1v) is 7.87.